The predicted octanol–water partition coefficient (Wildman–Crippen LogP) is 4.05. The van der Waals surface area contributed by atoms with Crippen molar-refractivity contribution in [2.24, 2.45) is 0 Å². The lowest BCUT2D eigenvalue weighted by molar-refractivity contribution is -0.138. The molecule has 0 amide bonds. The van der Waals surface area contributed by atoms with Crippen LogP contribution in [0.4, 0.5) is 13.2 Å². The van der Waals surface area contributed by atoms with Crippen molar-refractivity contribution in [1.82, 2.24) is 4.98 Å². The standard InChI is InChI=1S/C14H9ClF3NO2/c15-12-8(7-11(20)21)4-5-19-13(12)9-2-1-3-10(6-9)14(16,17)18/h1-6H,7H2,(H,20,21). The average molecular weight is 316 g/mol. The molecular formula is C14H9ClF3NO2. The lowest BCUT2D eigenvalue weighted by Crippen LogP contribution is -2.05. The third kappa shape index (κ3) is 3.52. The molecular weight excluding hydrogens is 307 g/mol. The molecule has 1 aromatic heterocycles. The van der Waals surface area contributed by atoms with Crippen LogP contribution in [0.5, 0.6) is 0 Å². The minimum atomic E-state index is -4.47. The van der Waals surface area contributed by atoms with Gasteiger partial charge in [0, 0.05) is 11.8 Å². The van der Waals surface area contributed by atoms with E-state index in [1.54, 1.807) is 0 Å². The number of hydrogen-bond donors (Lipinski definition) is 1. The van der Waals surface area contributed by atoms with Crippen molar-refractivity contribution in [3.63, 3.8) is 0 Å². The number of carbonyl (C=O) groups is 1. The van der Waals surface area contributed by atoms with E-state index in [4.69, 9.17) is 16.7 Å². The molecule has 0 aliphatic heterocycles. The van der Waals surface area contributed by atoms with Crippen LogP contribution < -0.4 is 0 Å². The summed E-state index contributed by atoms with van der Waals surface area (Å²) < 4.78 is 38.1. The van der Waals surface area contributed by atoms with Gasteiger partial charge in [0.25, 0.3) is 0 Å². The van der Waals surface area contributed by atoms with E-state index in [9.17, 15) is 18.0 Å². The number of rotatable bonds is 3. The average Bonchev–Trinajstić information content (AvgIpc) is 2.40. The van der Waals surface area contributed by atoms with Crippen molar-refractivity contribution in [3.05, 3.63) is 52.7 Å². The summed E-state index contributed by atoms with van der Waals surface area (Å²) in [5, 5.41) is 8.82. The first-order chi connectivity index (χ1) is 9.79. The maximum Gasteiger partial charge on any atom is 0.416 e. The number of aromatic nitrogens is 1. The van der Waals surface area contributed by atoms with Gasteiger partial charge in [-0.1, -0.05) is 23.7 Å². The Bertz CT molecular complexity index is 686. The predicted molar refractivity (Wildman–Crippen MR) is 71.0 cm³/mol. The zero-order valence-electron chi connectivity index (χ0n) is 10.5. The quantitative estimate of drug-likeness (QED) is 0.929. The van der Waals surface area contributed by atoms with Crippen LogP contribution in [0.2, 0.25) is 5.02 Å². The third-order valence-electron chi connectivity index (χ3n) is 2.77. The number of halogens is 4. The SMILES string of the molecule is O=C(O)Cc1ccnc(-c2cccc(C(F)(F)F)c2)c1Cl. The van der Waals surface area contributed by atoms with Gasteiger partial charge >= 0.3 is 12.1 Å². The first kappa shape index (κ1) is 15.3. The van der Waals surface area contributed by atoms with Gasteiger partial charge in [-0.2, -0.15) is 13.2 Å². The van der Waals surface area contributed by atoms with Crippen LogP contribution in [-0.2, 0) is 17.4 Å². The summed E-state index contributed by atoms with van der Waals surface area (Å²) in [5.41, 5.74) is -0.211. The number of aliphatic carboxylic acids is 1. The Morgan fingerprint density at radius 2 is 2.00 bits per heavy atom. The molecule has 110 valence electrons. The Morgan fingerprint density at radius 3 is 2.62 bits per heavy atom. The van der Waals surface area contributed by atoms with Crippen molar-refractivity contribution < 1.29 is 23.1 Å². The van der Waals surface area contributed by atoms with Crippen LogP contribution in [0.25, 0.3) is 11.3 Å². The van der Waals surface area contributed by atoms with Gasteiger partial charge in [0.15, 0.2) is 0 Å². The molecule has 3 nitrogen and oxygen atoms in total. The van der Waals surface area contributed by atoms with Gasteiger partial charge in [0.2, 0.25) is 0 Å². The van der Waals surface area contributed by atoms with E-state index in [0.717, 1.165) is 12.1 Å². The minimum Gasteiger partial charge on any atom is -0.481 e. The van der Waals surface area contributed by atoms with Crippen LogP contribution >= 0.6 is 11.6 Å². The summed E-state index contributed by atoms with van der Waals surface area (Å²) in [5.74, 6) is -1.09. The lowest BCUT2D eigenvalue weighted by atomic mass is 10.0. The Balaban J connectivity index is 2.50. The molecule has 1 heterocycles. The number of benzene rings is 1. The molecule has 7 heteroatoms. The first-order valence-electron chi connectivity index (χ1n) is 5.82. The first-order valence-corrected chi connectivity index (χ1v) is 6.19. The van der Waals surface area contributed by atoms with E-state index in [-0.39, 0.29) is 22.7 Å². The van der Waals surface area contributed by atoms with Gasteiger partial charge < -0.3 is 5.11 Å². The molecule has 0 radical (unpaired) electrons. The van der Waals surface area contributed by atoms with Crippen molar-refractivity contribution in [3.8, 4) is 11.3 Å². The minimum absolute atomic E-state index is 0.0409. The number of nitrogens with zero attached hydrogens (tertiary/aromatic N) is 1. The third-order valence-corrected chi connectivity index (χ3v) is 3.20. The zero-order valence-corrected chi connectivity index (χ0v) is 11.2. The number of pyridine rings is 1. The summed E-state index contributed by atoms with van der Waals surface area (Å²) in [6.45, 7) is 0. The molecule has 21 heavy (non-hydrogen) atoms. The van der Waals surface area contributed by atoms with Gasteiger partial charge in [-0.05, 0) is 23.8 Å². The van der Waals surface area contributed by atoms with Crippen LogP contribution in [-0.4, -0.2) is 16.1 Å². The van der Waals surface area contributed by atoms with E-state index in [2.05, 4.69) is 4.98 Å². The fourth-order valence-electron chi connectivity index (χ4n) is 1.83. The highest BCUT2D eigenvalue weighted by atomic mass is 35.5. The molecule has 1 N–H and O–H groups in total. The molecule has 0 aliphatic rings. The summed E-state index contributed by atoms with van der Waals surface area (Å²) >= 11 is 6.05. The molecule has 1 aromatic carbocycles. The lowest BCUT2D eigenvalue weighted by Gasteiger charge is -2.10. The second kappa shape index (κ2) is 5.73. The fraction of sp³-hybridized carbons (Fsp3) is 0.143. The van der Waals surface area contributed by atoms with E-state index < -0.39 is 17.7 Å². The van der Waals surface area contributed by atoms with Crippen molar-refractivity contribution in [2.45, 2.75) is 12.6 Å². The van der Waals surface area contributed by atoms with E-state index in [0.29, 0.717) is 5.56 Å². The highest BCUT2D eigenvalue weighted by Crippen LogP contribution is 2.34. The van der Waals surface area contributed by atoms with Crippen LogP contribution in [0.1, 0.15) is 11.1 Å². The van der Waals surface area contributed by atoms with Crippen LogP contribution in [0.15, 0.2) is 36.5 Å². The molecule has 0 saturated carbocycles. The van der Waals surface area contributed by atoms with Crippen LogP contribution in [0, 0.1) is 0 Å². The molecule has 0 spiro atoms. The van der Waals surface area contributed by atoms with Crippen molar-refractivity contribution in [1.29, 1.82) is 0 Å². The van der Waals surface area contributed by atoms with Crippen molar-refractivity contribution in [2.75, 3.05) is 0 Å². The maximum atomic E-state index is 12.7. The number of alkyl halides is 3. The Hall–Kier alpha value is -2.08. The molecule has 2 rings (SSSR count). The zero-order chi connectivity index (χ0) is 15.6. The Kier molecular flexibility index (Phi) is 4.18. The number of carboxylic acid groups (broad SMARTS) is 1. The fourth-order valence-corrected chi connectivity index (χ4v) is 2.11. The van der Waals surface area contributed by atoms with E-state index in [1.807, 2.05) is 0 Å². The van der Waals surface area contributed by atoms with Gasteiger partial charge in [-0.25, -0.2) is 0 Å². The summed E-state index contributed by atoms with van der Waals surface area (Å²) in [6, 6.07) is 5.98. The smallest absolute Gasteiger partial charge is 0.416 e. The van der Waals surface area contributed by atoms with Gasteiger partial charge in [0.05, 0.1) is 22.7 Å². The largest absolute Gasteiger partial charge is 0.481 e. The summed E-state index contributed by atoms with van der Waals surface area (Å²) in [4.78, 5) is 14.7. The molecule has 0 bridgehead atoms. The number of hydrogen-bond acceptors (Lipinski definition) is 2. The molecule has 0 fully saturated rings. The topological polar surface area (TPSA) is 50.2 Å². The molecule has 2 aromatic rings. The molecule has 0 unspecified atom stereocenters. The van der Waals surface area contributed by atoms with E-state index >= 15 is 0 Å². The summed E-state index contributed by atoms with van der Waals surface area (Å²) in [6.07, 6.45) is -3.48. The normalized spacial score (nSPS) is 11.4. The maximum absolute atomic E-state index is 12.7. The highest BCUT2D eigenvalue weighted by Gasteiger charge is 2.30. The summed E-state index contributed by atoms with van der Waals surface area (Å²) in [7, 11) is 0. The van der Waals surface area contributed by atoms with Crippen LogP contribution in [0.3, 0.4) is 0 Å². The van der Waals surface area contributed by atoms with Crippen molar-refractivity contribution >= 4 is 17.6 Å². The van der Waals surface area contributed by atoms with Gasteiger partial charge in [0.1, 0.15) is 0 Å². The van der Waals surface area contributed by atoms with Gasteiger partial charge in [-0.3, -0.25) is 9.78 Å². The van der Waals surface area contributed by atoms with Gasteiger partial charge in [-0.15, -0.1) is 0 Å². The Morgan fingerprint density at radius 1 is 1.29 bits per heavy atom. The van der Waals surface area contributed by atoms with E-state index in [1.165, 1.54) is 24.4 Å². The molecule has 0 aliphatic carbocycles. The highest BCUT2D eigenvalue weighted by molar-refractivity contribution is 6.34. The monoisotopic (exact) mass is 315 g/mol. The number of carboxylic acids is 1. The molecule has 0 saturated heterocycles. The second-order valence-electron chi connectivity index (χ2n) is 4.28. The molecule has 0 atom stereocenters. The second-order valence-corrected chi connectivity index (χ2v) is 4.66. The Labute approximate surface area is 123 Å².